The van der Waals surface area contributed by atoms with Crippen LogP contribution in [-0.4, -0.2) is 47.6 Å². The zero-order valence-electron chi connectivity index (χ0n) is 18.1. The first-order valence-electron chi connectivity index (χ1n) is 10.1. The van der Waals surface area contributed by atoms with Gasteiger partial charge in [0.05, 0.1) is 11.5 Å². The van der Waals surface area contributed by atoms with Crippen LogP contribution in [0.25, 0.3) is 6.08 Å². The second-order valence-electron chi connectivity index (χ2n) is 7.08. The van der Waals surface area contributed by atoms with Crippen molar-refractivity contribution in [3.8, 4) is 11.5 Å². The number of imide groups is 1. The third kappa shape index (κ3) is 6.36. The topological polar surface area (TPSA) is 128 Å². The maximum absolute atomic E-state index is 12.7. The Labute approximate surface area is 194 Å². The minimum atomic E-state index is -0.623. The Kier molecular flexibility index (Phi) is 7.73. The lowest BCUT2D eigenvalue weighted by molar-refractivity contribution is -0.127. The number of nitrogens with zero attached hydrogens (tertiary/aromatic N) is 1. The lowest BCUT2D eigenvalue weighted by atomic mass is 10.2. The number of nitrogens with one attached hydrogen (secondary N) is 1. The molecule has 1 fully saturated rings. The Morgan fingerprint density at radius 3 is 2.61 bits per heavy atom. The fraction of sp³-hybridized carbons (Fsp3) is 0.217. The molecule has 2 aromatic carbocycles. The van der Waals surface area contributed by atoms with Gasteiger partial charge in [0, 0.05) is 5.69 Å². The van der Waals surface area contributed by atoms with Crippen LogP contribution in [-0.2, 0) is 14.4 Å². The van der Waals surface area contributed by atoms with Crippen LogP contribution in [0.15, 0.2) is 47.4 Å². The number of carbonyl (C=O) groups is 4. The number of rotatable bonds is 9. The number of benzene rings is 2. The van der Waals surface area contributed by atoms with Crippen molar-refractivity contribution in [3.63, 3.8) is 0 Å². The Hall–Kier alpha value is -3.79. The van der Waals surface area contributed by atoms with Gasteiger partial charge in [0.25, 0.3) is 17.1 Å². The van der Waals surface area contributed by atoms with Gasteiger partial charge in [-0.3, -0.25) is 24.1 Å². The number of thioether (sulfide) groups is 1. The average Bonchev–Trinajstić information content (AvgIpc) is 3.00. The molecule has 2 aromatic rings. The second kappa shape index (κ2) is 10.7. The van der Waals surface area contributed by atoms with Crippen molar-refractivity contribution >= 4 is 46.5 Å². The van der Waals surface area contributed by atoms with Crippen molar-refractivity contribution in [2.24, 2.45) is 5.73 Å². The Morgan fingerprint density at radius 2 is 1.91 bits per heavy atom. The molecule has 1 aliphatic heterocycles. The van der Waals surface area contributed by atoms with Gasteiger partial charge in [-0.15, -0.1) is 0 Å². The highest BCUT2D eigenvalue weighted by atomic mass is 32.2. The monoisotopic (exact) mass is 469 g/mol. The van der Waals surface area contributed by atoms with Gasteiger partial charge in [-0.05, 0) is 67.1 Å². The van der Waals surface area contributed by atoms with Crippen molar-refractivity contribution in [2.45, 2.75) is 13.8 Å². The molecule has 0 aliphatic carbocycles. The molecule has 0 bridgehead atoms. The van der Waals surface area contributed by atoms with Crippen LogP contribution >= 0.6 is 11.8 Å². The van der Waals surface area contributed by atoms with Crippen molar-refractivity contribution in [1.29, 1.82) is 0 Å². The molecular formula is C23H23N3O6S. The smallest absolute Gasteiger partial charge is 0.294 e. The van der Waals surface area contributed by atoms with Gasteiger partial charge in [-0.25, -0.2) is 0 Å². The summed E-state index contributed by atoms with van der Waals surface area (Å²) in [6.07, 6.45) is 1.53. The predicted octanol–water partition coefficient (Wildman–Crippen LogP) is 2.93. The van der Waals surface area contributed by atoms with Crippen LogP contribution in [0.5, 0.6) is 11.5 Å². The largest absolute Gasteiger partial charge is 0.490 e. The number of carbonyl (C=O) groups excluding carboxylic acids is 4. The number of hydrogen-bond donors (Lipinski definition) is 2. The molecule has 0 atom stereocenters. The van der Waals surface area contributed by atoms with E-state index in [0.717, 1.165) is 22.2 Å². The average molecular weight is 470 g/mol. The lowest BCUT2D eigenvalue weighted by Gasteiger charge is -2.13. The van der Waals surface area contributed by atoms with Gasteiger partial charge in [0.15, 0.2) is 18.1 Å². The van der Waals surface area contributed by atoms with E-state index in [1.165, 1.54) is 6.08 Å². The molecule has 3 rings (SSSR count). The Balaban J connectivity index is 1.72. The first kappa shape index (κ1) is 23.9. The summed E-state index contributed by atoms with van der Waals surface area (Å²) in [5.74, 6) is -0.963. The predicted molar refractivity (Wildman–Crippen MR) is 125 cm³/mol. The molecular weight excluding hydrogens is 446 g/mol. The maximum atomic E-state index is 12.7. The number of ether oxygens (including phenoxy) is 2. The number of amides is 4. The summed E-state index contributed by atoms with van der Waals surface area (Å²) < 4.78 is 10.9. The van der Waals surface area contributed by atoms with Gasteiger partial charge >= 0.3 is 0 Å². The SMILES string of the molecule is CCOc1cc(/C=C2/SC(=O)N(CC(=O)Nc3cccc(C)c3)C2=O)ccc1OCC(N)=O. The summed E-state index contributed by atoms with van der Waals surface area (Å²) in [7, 11) is 0. The molecule has 3 N–H and O–H groups in total. The van der Waals surface area contributed by atoms with E-state index in [4.69, 9.17) is 15.2 Å². The number of hydrogen-bond acceptors (Lipinski definition) is 7. The first-order chi connectivity index (χ1) is 15.8. The zero-order valence-corrected chi connectivity index (χ0v) is 18.9. The molecule has 0 radical (unpaired) electrons. The van der Waals surface area contributed by atoms with E-state index in [0.29, 0.717) is 29.4 Å². The summed E-state index contributed by atoms with van der Waals surface area (Å²) in [4.78, 5) is 49.5. The number of aryl methyl sites for hydroxylation is 1. The van der Waals surface area contributed by atoms with E-state index >= 15 is 0 Å². The molecule has 172 valence electrons. The van der Waals surface area contributed by atoms with E-state index < -0.39 is 23.0 Å². The third-order valence-electron chi connectivity index (χ3n) is 4.41. The summed E-state index contributed by atoms with van der Waals surface area (Å²) in [5.41, 5.74) is 7.25. The van der Waals surface area contributed by atoms with Crippen LogP contribution in [0, 0.1) is 6.92 Å². The van der Waals surface area contributed by atoms with Gasteiger partial charge in [-0.1, -0.05) is 18.2 Å². The molecule has 9 nitrogen and oxygen atoms in total. The molecule has 1 aliphatic rings. The molecule has 10 heteroatoms. The van der Waals surface area contributed by atoms with Gasteiger partial charge < -0.3 is 20.5 Å². The Morgan fingerprint density at radius 1 is 1.12 bits per heavy atom. The number of primary amides is 1. The standard InChI is InChI=1S/C23H23N3O6S/c1-3-31-18-10-15(7-8-17(18)32-13-20(24)27)11-19-22(29)26(23(30)33-19)12-21(28)25-16-6-4-5-14(2)9-16/h4-11H,3,12-13H2,1-2H3,(H2,24,27)(H,25,28)/b19-11+. The van der Waals surface area contributed by atoms with Crippen molar-refractivity contribution < 1.29 is 28.7 Å². The van der Waals surface area contributed by atoms with Crippen LogP contribution in [0.1, 0.15) is 18.1 Å². The first-order valence-corrected chi connectivity index (χ1v) is 10.9. The van der Waals surface area contributed by atoms with Crippen LogP contribution in [0.2, 0.25) is 0 Å². The second-order valence-corrected chi connectivity index (χ2v) is 8.07. The van der Waals surface area contributed by atoms with E-state index in [9.17, 15) is 19.2 Å². The molecule has 0 spiro atoms. The third-order valence-corrected chi connectivity index (χ3v) is 5.32. The van der Waals surface area contributed by atoms with Crippen LogP contribution in [0.4, 0.5) is 10.5 Å². The summed E-state index contributed by atoms with van der Waals surface area (Å²) >= 11 is 0.750. The van der Waals surface area contributed by atoms with Gasteiger partial charge in [0.1, 0.15) is 6.54 Å². The number of nitrogens with two attached hydrogens (primary N) is 1. The fourth-order valence-electron chi connectivity index (χ4n) is 3.01. The number of anilines is 1. The zero-order chi connectivity index (χ0) is 24.0. The highest BCUT2D eigenvalue weighted by molar-refractivity contribution is 8.18. The van der Waals surface area contributed by atoms with Crippen molar-refractivity contribution in [1.82, 2.24) is 4.90 Å². The molecule has 33 heavy (non-hydrogen) atoms. The van der Waals surface area contributed by atoms with E-state index in [1.54, 1.807) is 43.3 Å². The molecule has 1 saturated heterocycles. The summed E-state index contributed by atoms with van der Waals surface area (Å²) in [5, 5.41) is 2.16. The fourth-order valence-corrected chi connectivity index (χ4v) is 3.84. The van der Waals surface area contributed by atoms with Crippen molar-refractivity contribution in [3.05, 3.63) is 58.5 Å². The van der Waals surface area contributed by atoms with Crippen LogP contribution in [0.3, 0.4) is 0 Å². The normalized spacial score (nSPS) is 14.5. The maximum Gasteiger partial charge on any atom is 0.294 e. The van der Waals surface area contributed by atoms with Crippen molar-refractivity contribution in [2.75, 3.05) is 25.1 Å². The van der Waals surface area contributed by atoms with Crippen LogP contribution < -0.4 is 20.5 Å². The molecule has 0 aromatic heterocycles. The highest BCUT2D eigenvalue weighted by Gasteiger charge is 2.36. The quantitative estimate of drug-likeness (QED) is 0.540. The Bertz CT molecular complexity index is 1130. The van der Waals surface area contributed by atoms with Gasteiger partial charge in [-0.2, -0.15) is 0 Å². The van der Waals surface area contributed by atoms with E-state index in [2.05, 4.69) is 5.32 Å². The van der Waals surface area contributed by atoms with E-state index in [1.807, 2.05) is 13.0 Å². The summed E-state index contributed by atoms with van der Waals surface area (Å²) in [6, 6.07) is 12.1. The lowest BCUT2D eigenvalue weighted by Crippen LogP contribution is -2.36. The highest BCUT2D eigenvalue weighted by Crippen LogP contribution is 2.34. The molecule has 0 unspecified atom stereocenters. The van der Waals surface area contributed by atoms with E-state index in [-0.39, 0.29) is 18.1 Å². The molecule has 0 saturated carbocycles. The minimum Gasteiger partial charge on any atom is -0.490 e. The molecule has 1 heterocycles. The van der Waals surface area contributed by atoms with Gasteiger partial charge in [0.2, 0.25) is 5.91 Å². The summed E-state index contributed by atoms with van der Waals surface area (Å²) in [6.45, 7) is 3.34. The minimum absolute atomic E-state index is 0.177. The molecule has 4 amide bonds.